The van der Waals surface area contributed by atoms with E-state index in [4.69, 9.17) is 16.3 Å². The predicted octanol–water partition coefficient (Wildman–Crippen LogP) is 3.74. The number of nitrogens with one attached hydrogen (secondary N) is 1. The Hall–Kier alpha value is -2.00. The number of rotatable bonds is 4. The molecule has 0 unspecified atom stereocenters. The van der Waals surface area contributed by atoms with Crippen molar-refractivity contribution in [2.45, 2.75) is 6.54 Å². The average molecular weight is 276 g/mol. The summed E-state index contributed by atoms with van der Waals surface area (Å²) in [5.41, 5.74) is 2.27. The maximum atomic E-state index is 11.7. The lowest BCUT2D eigenvalue weighted by molar-refractivity contribution is 0.0602. The van der Waals surface area contributed by atoms with E-state index in [1.54, 1.807) is 18.2 Å². The van der Waals surface area contributed by atoms with Crippen molar-refractivity contribution in [1.82, 2.24) is 0 Å². The fraction of sp³-hybridized carbons (Fsp3) is 0.133. The highest BCUT2D eigenvalue weighted by Gasteiger charge is 2.11. The maximum Gasteiger partial charge on any atom is 0.339 e. The molecule has 98 valence electrons. The Morgan fingerprint density at radius 2 is 1.95 bits per heavy atom. The molecule has 0 spiro atoms. The lowest BCUT2D eigenvalue weighted by atomic mass is 10.1. The normalized spacial score (nSPS) is 10.0. The van der Waals surface area contributed by atoms with E-state index in [0.29, 0.717) is 22.8 Å². The van der Waals surface area contributed by atoms with Gasteiger partial charge < -0.3 is 10.1 Å². The number of hydrogen-bond acceptors (Lipinski definition) is 3. The highest BCUT2D eigenvalue weighted by atomic mass is 35.5. The van der Waals surface area contributed by atoms with E-state index in [-0.39, 0.29) is 5.97 Å². The number of carbonyl (C=O) groups is 1. The van der Waals surface area contributed by atoms with Crippen LogP contribution >= 0.6 is 11.6 Å². The van der Waals surface area contributed by atoms with Crippen LogP contribution < -0.4 is 5.32 Å². The summed E-state index contributed by atoms with van der Waals surface area (Å²) < 4.78 is 4.75. The molecule has 2 aromatic rings. The number of benzene rings is 2. The lowest BCUT2D eigenvalue weighted by Crippen LogP contribution is -2.08. The number of carbonyl (C=O) groups excluding carboxylic acids is 1. The number of halogens is 1. The molecular formula is C15H14ClNO2. The fourth-order valence-electron chi connectivity index (χ4n) is 1.74. The smallest absolute Gasteiger partial charge is 0.339 e. The van der Waals surface area contributed by atoms with Gasteiger partial charge in [0.15, 0.2) is 0 Å². The second-order valence-electron chi connectivity index (χ2n) is 4.02. The van der Waals surface area contributed by atoms with Crippen molar-refractivity contribution >= 4 is 23.3 Å². The Labute approximate surface area is 117 Å². The van der Waals surface area contributed by atoms with Gasteiger partial charge in [0.05, 0.1) is 18.4 Å². The summed E-state index contributed by atoms with van der Waals surface area (Å²) in [5.74, 6) is -0.382. The van der Waals surface area contributed by atoms with Gasteiger partial charge in [0.25, 0.3) is 0 Å². The summed E-state index contributed by atoms with van der Waals surface area (Å²) in [7, 11) is 1.36. The number of methoxy groups -OCH3 is 1. The van der Waals surface area contributed by atoms with E-state index >= 15 is 0 Å². The van der Waals surface area contributed by atoms with Gasteiger partial charge >= 0.3 is 5.97 Å². The van der Waals surface area contributed by atoms with Crippen LogP contribution in [0.25, 0.3) is 0 Å². The van der Waals surface area contributed by atoms with E-state index in [9.17, 15) is 4.79 Å². The Morgan fingerprint density at radius 1 is 1.21 bits per heavy atom. The van der Waals surface area contributed by atoms with Gasteiger partial charge in [-0.2, -0.15) is 0 Å². The zero-order valence-corrected chi connectivity index (χ0v) is 11.3. The topological polar surface area (TPSA) is 38.3 Å². The van der Waals surface area contributed by atoms with Crippen LogP contribution in [0, 0.1) is 0 Å². The minimum atomic E-state index is -0.382. The maximum absolute atomic E-state index is 11.7. The molecule has 0 amide bonds. The molecule has 0 radical (unpaired) electrons. The van der Waals surface area contributed by atoms with Gasteiger partial charge in [-0.1, -0.05) is 41.9 Å². The van der Waals surface area contributed by atoms with Crippen LogP contribution in [0.5, 0.6) is 0 Å². The zero-order chi connectivity index (χ0) is 13.7. The SMILES string of the molecule is COC(=O)c1ccc(Cl)cc1NCc1ccccc1. The third-order valence-electron chi connectivity index (χ3n) is 2.71. The molecule has 0 aliphatic heterocycles. The van der Waals surface area contributed by atoms with Crippen molar-refractivity contribution in [3.63, 3.8) is 0 Å². The summed E-state index contributed by atoms with van der Waals surface area (Å²) >= 11 is 5.95. The Balaban J connectivity index is 2.19. The van der Waals surface area contributed by atoms with Crippen molar-refractivity contribution in [2.75, 3.05) is 12.4 Å². The van der Waals surface area contributed by atoms with Gasteiger partial charge in [-0.3, -0.25) is 0 Å². The van der Waals surface area contributed by atoms with Gasteiger partial charge in [-0.25, -0.2) is 4.79 Å². The molecule has 0 fully saturated rings. The zero-order valence-electron chi connectivity index (χ0n) is 10.5. The largest absolute Gasteiger partial charge is 0.465 e. The molecular weight excluding hydrogens is 262 g/mol. The highest BCUT2D eigenvalue weighted by molar-refractivity contribution is 6.31. The van der Waals surface area contributed by atoms with Crippen LogP contribution in [0.3, 0.4) is 0 Å². The minimum absolute atomic E-state index is 0.382. The molecule has 0 bridgehead atoms. The van der Waals surface area contributed by atoms with E-state index in [0.717, 1.165) is 5.56 Å². The molecule has 19 heavy (non-hydrogen) atoms. The molecule has 0 aliphatic rings. The Kier molecular flexibility index (Phi) is 4.42. The number of hydrogen-bond donors (Lipinski definition) is 1. The molecule has 2 rings (SSSR count). The van der Waals surface area contributed by atoms with Crippen molar-refractivity contribution < 1.29 is 9.53 Å². The van der Waals surface area contributed by atoms with Crippen molar-refractivity contribution in [3.05, 3.63) is 64.7 Å². The number of esters is 1. The lowest BCUT2D eigenvalue weighted by Gasteiger charge is -2.11. The third kappa shape index (κ3) is 3.48. The second kappa shape index (κ2) is 6.25. The van der Waals surface area contributed by atoms with Crippen LogP contribution in [-0.4, -0.2) is 13.1 Å². The van der Waals surface area contributed by atoms with Gasteiger partial charge in [0, 0.05) is 11.6 Å². The van der Waals surface area contributed by atoms with E-state index < -0.39 is 0 Å². The molecule has 0 heterocycles. The van der Waals surface area contributed by atoms with Crippen LogP contribution in [-0.2, 0) is 11.3 Å². The van der Waals surface area contributed by atoms with Crippen LogP contribution in [0.15, 0.2) is 48.5 Å². The van der Waals surface area contributed by atoms with E-state index in [1.165, 1.54) is 7.11 Å². The van der Waals surface area contributed by atoms with Gasteiger partial charge in [-0.05, 0) is 23.8 Å². The number of ether oxygens (including phenoxy) is 1. The summed E-state index contributed by atoms with van der Waals surface area (Å²) in [6.45, 7) is 0.616. The van der Waals surface area contributed by atoms with E-state index in [1.807, 2.05) is 30.3 Å². The molecule has 4 heteroatoms. The van der Waals surface area contributed by atoms with Crippen LogP contribution in [0.4, 0.5) is 5.69 Å². The van der Waals surface area contributed by atoms with Gasteiger partial charge in [0.1, 0.15) is 0 Å². The summed E-state index contributed by atoms with van der Waals surface area (Å²) in [4.78, 5) is 11.7. The van der Waals surface area contributed by atoms with Crippen molar-refractivity contribution in [3.8, 4) is 0 Å². The number of anilines is 1. The standard InChI is InChI=1S/C15H14ClNO2/c1-19-15(18)13-8-7-12(16)9-14(13)17-10-11-5-3-2-4-6-11/h2-9,17H,10H2,1H3. The Bertz CT molecular complexity index is 570. The monoisotopic (exact) mass is 275 g/mol. The first-order valence-corrected chi connectivity index (χ1v) is 6.24. The summed E-state index contributed by atoms with van der Waals surface area (Å²) in [6, 6.07) is 15.0. The van der Waals surface area contributed by atoms with E-state index in [2.05, 4.69) is 5.32 Å². The molecule has 3 nitrogen and oxygen atoms in total. The third-order valence-corrected chi connectivity index (χ3v) is 2.95. The molecule has 0 aromatic heterocycles. The molecule has 0 saturated heterocycles. The summed E-state index contributed by atoms with van der Waals surface area (Å²) in [5, 5.41) is 3.77. The van der Waals surface area contributed by atoms with Crippen LogP contribution in [0.2, 0.25) is 5.02 Å². The minimum Gasteiger partial charge on any atom is -0.465 e. The van der Waals surface area contributed by atoms with Gasteiger partial charge in [0.2, 0.25) is 0 Å². The first-order chi connectivity index (χ1) is 9.20. The Morgan fingerprint density at radius 3 is 2.63 bits per heavy atom. The van der Waals surface area contributed by atoms with Crippen molar-refractivity contribution in [2.24, 2.45) is 0 Å². The predicted molar refractivity (Wildman–Crippen MR) is 76.6 cm³/mol. The van der Waals surface area contributed by atoms with Gasteiger partial charge in [-0.15, -0.1) is 0 Å². The molecule has 0 saturated carbocycles. The summed E-state index contributed by atoms with van der Waals surface area (Å²) in [6.07, 6.45) is 0. The molecule has 1 N–H and O–H groups in total. The quantitative estimate of drug-likeness (QED) is 0.864. The average Bonchev–Trinajstić information content (AvgIpc) is 2.45. The van der Waals surface area contributed by atoms with Crippen molar-refractivity contribution in [1.29, 1.82) is 0 Å². The highest BCUT2D eigenvalue weighted by Crippen LogP contribution is 2.22. The first-order valence-electron chi connectivity index (χ1n) is 5.86. The second-order valence-corrected chi connectivity index (χ2v) is 4.46. The van der Waals surface area contributed by atoms with Crippen LogP contribution in [0.1, 0.15) is 15.9 Å². The molecule has 0 aliphatic carbocycles. The first kappa shape index (κ1) is 13.4. The fourth-order valence-corrected chi connectivity index (χ4v) is 1.92. The molecule has 2 aromatic carbocycles. The molecule has 0 atom stereocenters.